The third-order valence-electron chi connectivity index (χ3n) is 17.9. The number of nitrogens with zero attached hydrogens (tertiary/aromatic N) is 4. The summed E-state index contributed by atoms with van der Waals surface area (Å²) in [6.07, 6.45) is 2.20. The van der Waals surface area contributed by atoms with Gasteiger partial charge in [0, 0.05) is 60.8 Å². The zero-order chi connectivity index (χ0) is 45.8. The van der Waals surface area contributed by atoms with Crippen LogP contribution in [0.5, 0.6) is 0 Å². The summed E-state index contributed by atoms with van der Waals surface area (Å²) in [6, 6.07) is 62.7. The van der Waals surface area contributed by atoms with E-state index in [4.69, 9.17) is 4.98 Å². The maximum atomic E-state index is 11.3. The number of nitriles is 1. The molecular weight excluding hydrogens is 849 g/mol. The monoisotopic (exact) mass is 888 g/mol. The Morgan fingerprint density at radius 3 is 1.51 bits per heavy atom. The first-order chi connectivity index (χ1) is 34.4. The lowest BCUT2D eigenvalue weighted by Crippen LogP contribution is -2.28. The summed E-state index contributed by atoms with van der Waals surface area (Å²) < 4.78 is 5.11. The number of benzene rings is 9. The number of pyridine rings is 1. The van der Waals surface area contributed by atoms with E-state index in [1.165, 1.54) is 154 Å². The van der Waals surface area contributed by atoms with E-state index in [-0.39, 0.29) is 29.1 Å². The Morgan fingerprint density at radius 2 is 0.929 bits per heavy atom. The Morgan fingerprint density at radius 1 is 0.429 bits per heavy atom. The van der Waals surface area contributed by atoms with Crippen LogP contribution >= 0.6 is 0 Å². The van der Waals surface area contributed by atoms with Crippen molar-refractivity contribution in [2.45, 2.75) is 49.9 Å². The molecule has 0 atom stereocenters. The average Bonchev–Trinajstić information content (AvgIpc) is 4.12. The van der Waals surface area contributed by atoms with E-state index in [1.807, 2.05) is 0 Å². The van der Waals surface area contributed by atoms with E-state index in [0.29, 0.717) is 0 Å². The van der Waals surface area contributed by atoms with Crippen LogP contribution in [0.1, 0.15) is 122 Å². The highest BCUT2D eigenvalue weighted by molar-refractivity contribution is 6.34. The molecule has 14 aromatic rings. The van der Waals surface area contributed by atoms with Gasteiger partial charge in [0.1, 0.15) is 0 Å². The molecule has 0 N–H and O–H groups in total. The van der Waals surface area contributed by atoms with E-state index in [0.717, 1.165) is 11.1 Å². The molecule has 6 aliphatic carbocycles. The fraction of sp³-hybridized carbons (Fsp3) is 0.121. The third kappa shape index (κ3) is 3.93. The fourth-order valence-electron chi connectivity index (χ4n) is 15.2. The van der Waals surface area contributed by atoms with Gasteiger partial charge in [-0.25, -0.2) is 0 Å². The van der Waals surface area contributed by atoms with Gasteiger partial charge in [0.15, 0.2) is 0 Å². The van der Waals surface area contributed by atoms with E-state index in [9.17, 15) is 5.26 Å². The van der Waals surface area contributed by atoms with Crippen molar-refractivity contribution in [3.05, 3.63) is 242 Å². The summed E-state index contributed by atoms with van der Waals surface area (Å²) in [7, 11) is 0. The Hall–Kier alpha value is -8.52. The molecule has 5 aromatic heterocycles. The summed E-state index contributed by atoms with van der Waals surface area (Å²) in [5.74, 6) is 0.229. The smallest absolute Gasteiger partial charge is 0.0995 e. The molecule has 4 heteroatoms. The molecule has 324 valence electrons. The van der Waals surface area contributed by atoms with E-state index >= 15 is 0 Å². The molecule has 0 aliphatic heterocycles. The van der Waals surface area contributed by atoms with Crippen LogP contribution in [0.3, 0.4) is 0 Å². The van der Waals surface area contributed by atoms with Crippen molar-refractivity contribution >= 4 is 87.0 Å². The van der Waals surface area contributed by atoms with Crippen molar-refractivity contribution in [1.29, 1.82) is 5.26 Å². The first-order valence-corrected chi connectivity index (χ1v) is 24.9. The Balaban J connectivity index is 1.01. The lowest BCUT2D eigenvalue weighted by molar-refractivity contribution is 0.592. The summed E-state index contributed by atoms with van der Waals surface area (Å²) in [6.45, 7) is 7.03. The van der Waals surface area contributed by atoms with Gasteiger partial charge in [-0.1, -0.05) is 142 Å². The predicted molar refractivity (Wildman–Crippen MR) is 284 cm³/mol. The van der Waals surface area contributed by atoms with E-state index in [2.05, 4.69) is 200 Å². The highest BCUT2D eigenvalue weighted by Crippen LogP contribution is 2.61. The molecule has 6 aliphatic rings. The summed E-state index contributed by atoms with van der Waals surface area (Å²) >= 11 is 0. The zero-order valence-electron chi connectivity index (χ0n) is 38.7. The zero-order valence-corrected chi connectivity index (χ0v) is 38.7. The van der Waals surface area contributed by atoms with Gasteiger partial charge in [0.25, 0.3) is 0 Å². The van der Waals surface area contributed by atoms with Crippen LogP contribution < -0.4 is 0 Å². The lowest BCUT2D eigenvalue weighted by Gasteiger charge is -2.43. The number of aromatic nitrogens is 3. The van der Waals surface area contributed by atoms with Crippen LogP contribution in [0.2, 0.25) is 0 Å². The SMILES string of the molecule is CC(C)(C)c1cc2c3cc4c(cc3n3c5cc(C#N)c6c(c5c(c1)c23)C1c2ccccc2C6c2ccccc21)c1cc2ccccc2c2c3c5c(ncc3n4c12)C1c2ccccc2C5c2ccccc21. The normalized spacial score (nSPS) is 18.5. The van der Waals surface area contributed by atoms with Crippen molar-refractivity contribution in [2.24, 2.45) is 0 Å². The van der Waals surface area contributed by atoms with Crippen LogP contribution in [0, 0.1) is 11.3 Å². The van der Waals surface area contributed by atoms with Crippen LogP contribution in [-0.2, 0) is 5.41 Å². The topological polar surface area (TPSA) is 45.5 Å². The Labute approximate surface area is 401 Å². The summed E-state index contributed by atoms with van der Waals surface area (Å²) in [5.41, 5.74) is 25.2. The minimum absolute atomic E-state index is 0.00769. The maximum absolute atomic E-state index is 11.3. The quantitative estimate of drug-likeness (QED) is 0.152. The molecule has 0 spiro atoms. The highest BCUT2D eigenvalue weighted by atomic mass is 14.9. The second kappa shape index (κ2) is 11.8. The molecule has 0 saturated carbocycles. The maximum Gasteiger partial charge on any atom is 0.0995 e. The van der Waals surface area contributed by atoms with Gasteiger partial charge in [0.05, 0.1) is 62.5 Å². The van der Waals surface area contributed by atoms with Crippen molar-refractivity contribution in [3.8, 4) is 6.07 Å². The van der Waals surface area contributed by atoms with E-state index < -0.39 is 0 Å². The molecule has 9 aromatic carbocycles. The Kier molecular flexibility index (Phi) is 6.17. The van der Waals surface area contributed by atoms with Gasteiger partial charge in [-0.3, -0.25) is 4.98 Å². The predicted octanol–water partition coefficient (Wildman–Crippen LogP) is 15.7. The van der Waals surface area contributed by atoms with Crippen LogP contribution in [0.15, 0.2) is 164 Å². The minimum Gasteiger partial charge on any atom is -0.308 e. The molecule has 20 rings (SSSR count). The molecular formula is C66H40N4. The lowest BCUT2D eigenvalue weighted by atomic mass is 9.59. The third-order valence-corrected chi connectivity index (χ3v) is 17.9. The minimum atomic E-state index is -0.107. The second-order valence-corrected chi connectivity index (χ2v) is 21.9. The molecule has 0 radical (unpaired) electrons. The van der Waals surface area contributed by atoms with Gasteiger partial charge in [0.2, 0.25) is 0 Å². The van der Waals surface area contributed by atoms with Crippen LogP contribution in [-0.4, -0.2) is 13.8 Å². The van der Waals surface area contributed by atoms with Crippen molar-refractivity contribution < 1.29 is 0 Å². The van der Waals surface area contributed by atoms with Crippen molar-refractivity contribution in [2.75, 3.05) is 0 Å². The molecule has 5 heterocycles. The van der Waals surface area contributed by atoms with Gasteiger partial charge >= 0.3 is 0 Å². The number of rotatable bonds is 0. The summed E-state index contributed by atoms with van der Waals surface area (Å²) in [5, 5.41) is 24.0. The average molecular weight is 889 g/mol. The first kappa shape index (κ1) is 36.5. The molecule has 0 saturated heterocycles. The van der Waals surface area contributed by atoms with Crippen LogP contribution in [0.25, 0.3) is 87.0 Å². The number of fused-ring (bicyclic) bond motifs is 14. The molecule has 0 amide bonds. The molecule has 0 fully saturated rings. The van der Waals surface area contributed by atoms with E-state index in [1.54, 1.807) is 0 Å². The van der Waals surface area contributed by atoms with Crippen molar-refractivity contribution in [3.63, 3.8) is 0 Å². The van der Waals surface area contributed by atoms with Crippen LogP contribution in [0.4, 0.5) is 0 Å². The second-order valence-electron chi connectivity index (χ2n) is 21.9. The molecule has 4 bridgehead atoms. The number of hydrogen-bond donors (Lipinski definition) is 0. The van der Waals surface area contributed by atoms with Gasteiger partial charge < -0.3 is 8.80 Å². The largest absolute Gasteiger partial charge is 0.308 e. The van der Waals surface area contributed by atoms with Gasteiger partial charge in [-0.05, 0) is 119 Å². The van der Waals surface area contributed by atoms with Gasteiger partial charge in [-0.15, -0.1) is 0 Å². The van der Waals surface area contributed by atoms with Crippen molar-refractivity contribution in [1.82, 2.24) is 13.8 Å². The molecule has 0 unspecified atom stereocenters. The molecule has 4 nitrogen and oxygen atoms in total. The standard InChI is InChI=1S/C66H40N4/c1-66(2,3)34-26-47-45-29-50-44(28-49(45)69-51-25-33(30-67)53-54-36-16-6-8-18-38(36)55(39-19-9-7-17-37(39)54)61(53)58(51)48(27-34)64(47)69)46-24-32-14-4-5-15-35(32)59-60-52(70(50)65(46)59)31-68-63-57-42-22-12-10-20-40(42)56(62(60)63)41-21-11-13-23-43(41)57/h4-29,31,54-57H,1-3H3. The first-order valence-electron chi connectivity index (χ1n) is 24.9. The Bertz CT molecular complexity index is 4760. The fourth-order valence-corrected chi connectivity index (χ4v) is 15.2. The highest BCUT2D eigenvalue weighted by Gasteiger charge is 2.46. The van der Waals surface area contributed by atoms with Gasteiger partial charge in [-0.2, -0.15) is 5.26 Å². The number of hydrogen-bond acceptors (Lipinski definition) is 2. The molecule has 70 heavy (non-hydrogen) atoms. The summed E-state index contributed by atoms with van der Waals surface area (Å²) in [4.78, 5) is 5.55.